The van der Waals surface area contributed by atoms with Gasteiger partial charge in [-0.2, -0.15) is 8.42 Å². The molecule has 0 radical (unpaired) electrons. The number of rotatable bonds is 3. The number of halogens is 1. The molecule has 1 amide bonds. The Hall–Kier alpha value is -3.67. The number of benzene rings is 2. The van der Waals surface area contributed by atoms with E-state index in [1.165, 1.54) is 0 Å². The van der Waals surface area contributed by atoms with Crippen molar-refractivity contribution in [3.63, 3.8) is 0 Å². The van der Waals surface area contributed by atoms with Gasteiger partial charge in [-0.1, -0.05) is 12.1 Å². The lowest BCUT2D eigenvalue weighted by molar-refractivity contribution is -0.117. The fourth-order valence-electron chi connectivity index (χ4n) is 2.83. The number of anilines is 3. The lowest BCUT2D eigenvalue weighted by Crippen LogP contribution is -2.30. The number of fused-ring (bicyclic) bond motifs is 1. The predicted octanol–water partition coefficient (Wildman–Crippen LogP) is 0.692. The molecule has 0 bridgehead atoms. The Morgan fingerprint density at radius 2 is 1.96 bits per heavy atom. The van der Waals surface area contributed by atoms with Crippen LogP contribution in [0.15, 0.2) is 41.2 Å². The average Bonchev–Trinajstić information content (AvgIpc) is 2.86. The fourth-order valence-corrected chi connectivity index (χ4v) is 4.00. The van der Waals surface area contributed by atoms with Crippen molar-refractivity contribution < 1.29 is 22.7 Å². The second kappa shape index (κ2) is 6.20. The van der Waals surface area contributed by atoms with Gasteiger partial charge >= 0.3 is 10.2 Å². The number of carbonyl (C=O) groups is 1. The second-order valence-electron chi connectivity index (χ2n) is 5.92. The van der Waals surface area contributed by atoms with E-state index in [0.717, 1.165) is 12.1 Å². The van der Waals surface area contributed by atoms with Gasteiger partial charge in [0.2, 0.25) is 5.95 Å². The Labute approximate surface area is 156 Å². The van der Waals surface area contributed by atoms with E-state index in [4.69, 9.17) is 0 Å². The van der Waals surface area contributed by atoms with E-state index in [-0.39, 0.29) is 11.6 Å². The van der Waals surface area contributed by atoms with Gasteiger partial charge in [0, 0.05) is 11.8 Å². The highest BCUT2D eigenvalue weighted by atomic mass is 32.2. The zero-order chi connectivity index (χ0) is 20.1. The van der Waals surface area contributed by atoms with Crippen molar-refractivity contribution in [3.05, 3.63) is 52.6 Å². The summed E-state index contributed by atoms with van der Waals surface area (Å²) in [5.74, 6) is -2.66. The van der Waals surface area contributed by atoms with Gasteiger partial charge in [0.15, 0.2) is 5.82 Å². The molecular formula is C16H12FN5O5S. The normalized spacial score (nSPS) is 15.6. The Balaban J connectivity index is 1.71. The first-order valence-electron chi connectivity index (χ1n) is 7.86. The first-order valence-corrected chi connectivity index (χ1v) is 9.30. The van der Waals surface area contributed by atoms with Crippen LogP contribution < -0.4 is 19.9 Å². The number of aromatic hydroxyl groups is 1. The van der Waals surface area contributed by atoms with E-state index >= 15 is 0 Å². The van der Waals surface area contributed by atoms with Gasteiger partial charge in [-0.3, -0.25) is 14.6 Å². The van der Waals surface area contributed by atoms with Crippen molar-refractivity contribution in [1.29, 1.82) is 0 Å². The van der Waals surface area contributed by atoms with Crippen LogP contribution in [-0.2, 0) is 15.0 Å². The van der Waals surface area contributed by atoms with Crippen LogP contribution in [0.4, 0.5) is 21.7 Å². The second-order valence-corrected chi connectivity index (χ2v) is 7.51. The summed E-state index contributed by atoms with van der Waals surface area (Å²) >= 11 is 0. The van der Waals surface area contributed by atoms with Crippen molar-refractivity contribution in [2.75, 3.05) is 16.2 Å². The molecule has 0 aliphatic carbocycles. The summed E-state index contributed by atoms with van der Waals surface area (Å²) in [6.07, 6.45) is 0. The van der Waals surface area contributed by atoms with Crippen LogP contribution in [-0.4, -0.2) is 35.9 Å². The molecule has 12 heteroatoms. The predicted molar refractivity (Wildman–Crippen MR) is 98.1 cm³/mol. The van der Waals surface area contributed by atoms with Crippen LogP contribution in [0.1, 0.15) is 0 Å². The van der Waals surface area contributed by atoms with E-state index in [2.05, 4.69) is 15.3 Å². The van der Waals surface area contributed by atoms with Crippen molar-refractivity contribution in [2.24, 2.45) is 0 Å². The molecule has 10 nitrogen and oxygen atoms in total. The third-order valence-electron chi connectivity index (χ3n) is 3.99. The quantitative estimate of drug-likeness (QED) is 0.502. The molecular weight excluding hydrogens is 393 g/mol. The van der Waals surface area contributed by atoms with Crippen molar-refractivity contribution in [3.8, 4) is 5.75 Å². The molecule has 2 heterocycles. The molecule has 4 N–H and O–H groups in total. The van der Waals surface area contributed by atoms with E-state index in [0.29, 0.717) is 15.2 Å². The number of H-pyrrole nitrogens is 1. The van der Waals surface area contributed by atoms with Crippen LogP contribution in [0.5, 0.6) is 5.75 Å². The Bertz CT molecular complexity index is 1270. The van der Waals surface area contributed by atoms with E-state index in [9.17, 15) is 27.5 Å². The van der Waals surface area contributed by atoms with Crippen molar-refractivity contribution in [1.82, 2.24) is 14.7 Å². The summed E-state index contributed by atoms with van der Waals surface area (Å²) in [5, 5.41) is 13.2. The minimum Gasteiger partial charge on any atom is -0.506 e. The molecule has 0 atom stereocenters. The summed E-state index contributed by atoms with van der Waals surface area (Å²) in [5.41, 5.74) is -0.665. The summed E-state index contributed by atoms with van der Waals surface area (Å²) in [6, 6.07) is 8.56. The lowest BCUT2D eigenvalue weighted by atomic mass is 10.2. The van der Waals surface area contributed by atoms with E-state index in [1.54, 1.807) is 29.0 Å². The zero-order valence-electron chi connectivity index (χ0n) is 13.9. The maximum Gasteiger partial charge on any atom is 0.326 e. The van der Waals surface area contributed by atoms with Gasteiger partial charge in [-0.25, -0.2) is 18.4 Å². The number of phenols is 1. The molecule has 1 saturated heterocycles. The number of nitrogens with zero attached hydrogens (tertiary/aromatic N) is 2. The standard InChI is InChI=1S/C16H12FN5O5S/c17-10-5-8(6-12(23)14(10)22-7-13(24)21-28(22,26)27)18-16-19-11-4-2-1-3-9(11)15(25)20-16/h1-6,23H,7H2,(H,21,24)(H2,18,19,20,25). The van der Waals surface area contributed by atoms with Crippen LogP contribution in [0.3, 0.4) is 0 Å². The van der Waals surface area contributed by atoms with Gasteiger partial charge in [0.1, 0.15) is 18.0 Å². The zero-order valence-corrected chi connectivity index (χ0v) is 14.7. The molecule has 0 saturated carbocycles. The molecule has 4 rings (SSSR count). The van der Waals surface area contributed by atoms with Gasteiger partial charge in [0.25, 0.3) is 11.5 Å². The lowest BCUT2D eigenvalue weighted by Gasteiger charge is -2.18. The van der Waals surface area contributed by atoms with E-state index < -0.39 is 45.5 Å². The molecule has 1 aliphatic heterocycles. The van der Waals surface area contributed by atoms with Crippen molar-refractivity contribution in [2.45, 2.75) is 0 Å². The molecule has 3 aromatic rings. The van der Waals surface area contributed by atoms with E-state index in [1.807, 2.05) is 0 Å². The maximum absolute atomic E-state index is 14.5. The van der Waals surface area contributed by atoms with Gasteiger partial charge in [0.05, 0.1) is 10.9 Å². The summed E-state index contributed by atoms with van der Waals surface area (Å²) in [6.45, 7) is -0.654. The number of carbonyl (C=O) groups excluding carboxylic acids is 1. The summed E-state index contributed by atoms with van der Waals surface area (Å²) in [7, 11) is -4.28. The average molecular weight is 405 g/mol. The van der Waals surface area contributed by atoms with Crippen LogP contribution in [0, 0.1) is 5.82 Å². The third kappa shape index (κ3) is 2.99. The Morgan fingerprint density at radius 3 is 2.64 bits per heavy atom. The molecule has 0 spiro atoms. The van der Waals surface area contributed by atoms with Crippen molar-refractivity contribution >= 4 is 44.3 Å². The Kier molecular flexibility index (Phi) is 3.92. The highest BCUT2D eigenvalue weighted by molar-refractivity contribution is 7.92. The number of aromatic amines is 1. The molecule has 1 aliphatic rings. The minimum atomic E-state index is -4.28. The SMILES string of the molecule is O=C1CN(c2c(O)cc(Nc3nc4ccccc4c(=O)[nH]3)cc2F)S(=O)(=O)N1. The van der Waals surface area contributed by atoms with Gasteiger partial charge in [-0.15, -0.1) is 0 Å². The van der Waals surface area contributed by atoms with Crippen LogP contribution in [0.2, 0.25) is 0 Å². The van der Waals surface area contributed by atoms with Crippen LogP contribution in [0.25, 0.3) is 10.9 Å². The summed E-state index contributed by atoms with van der Waals surface area (Å²) < 4.78 is 40.4. The smallest absolute Gasteiger partial charge is 0.326 e. The number of amides is 1. The first-order chi connectivity index (χ1) is 13.2. The summed E-state index contributed by atoms with van der Waals surface area (Å²) in [4.78, 5) is 30.1. The van der Waals surface area contributed by atoms with Gasteiger partial charge in [-0.05, 0) is 18.2 Å². The van der Waals surface area contributed by atoms with Gasteiger partial charge < -0.3 is 10.4 Å². The fraction of sp³-hybridized carbons (Fsp3) is 0.0625. The Morgan fingerprint density at radius 1 is 1.21 bits per heavy atom. The first kappa shape index (κ1) is 17.7. The third-order valence-corrected chi connectivity index (χ3v) is 5.37. The number of hydrogen-bond donors (Lipinski definition) is 4. The van der Waals surface area contributed by atoms with Crippen LogP contribution >= 0.6 is 0 Å². The molecule has 0 unspecified atom stereocenters. The molecule has 2 aromatic carbocycles. The molecule has 28 heavy (non-hydrogen) atoms. The maximum atomic E-state index is 14.5. The molecule has 1 aromatic heterocycles. The highest BCUT2D eigenvalue weighted by Gasteiger charge is 2.37. The molecule has 144 valence electrons. The highest BCUT2D eigenvalue weighted by Crippen LogP contribution is 2.36. The monoisotopic (exact) mass is 405 g/mol. The number of phenolic OH excluding ortho intramolecular Hbond substituents is 1. The topological polar surface area (TPSA) is 144 Å². The number of nitrogens with one attached hydrogen (secondary N) is 3. The minimum absolute atomic E-state index is 0.000823. The number of aromatic nitrogens is 2. The largest absolute Gasteiger partial charge is 0.506 e. The number of hydrogen-bond acceptors (Lipinski definition) is 7. The number of para-hydroxylation sites is 1. The molecule has 1 fully saturated rings.